The van der Waals surface area contributed by atoms with Gasteiger partial charge in [-0.15, -0.1) is 0 Å². The van der Waals surface area contributed by atoms with Crippen LogP contribution in [0.2, 0.25) is 0 Å². The number of aromatic nitrogens is 3. The third-order valence-electron chi connectivity index (χ3n) is 1.98. The molecule has 3 nitrogen and oxygen atoms in total. The summed E-state index contributed by atoms with van der Waals surface area (Å²) in [5.74, 6) is 0.476. The summed E-state index contributed by atoms with van der Waals surface area (Å²) >= 11 is 0. The maximum Gasteiger partial charge on any atom is 0.0948 e. The minimum absolute atomic E-state index is 0. The lowest BCUT2D eigenvalue weighted by atomic mass is 10.0. The van der Waals surface area contributed by atoms with Gasteiger partial charge in [-0.1, -0.05) is 27.7 Å². The molecule has 0 amide bonds. The molecule has 1 N–H and O–H groups in total. The fourth-order valence-electron chi connectivity index (χ4n) is 1.31. The van der Waals surface area contributed by atoms with Gasteiger partial charge in [0, 0.05) is 13.2 Å². The molecule has 0 aromatic carbocycles. The molecule has 3 heteroatoms. The first-order chi connectivity index (χ1) is 6.79. The predicted molar refractivity (Wildman–Crippen MR) is 61.4 cm³/mol. The van der Waals surface area contributed by atoms with Crippen LogP contribution >= 0.6 is 0 Å². The zero-order valence-electron chi connectivity index (χ0n) is 9.20. The molecule has 2 rings (SSSR count). The highest BCUT2D eigenvalue weighted by Crippen LogP contribution is 2.20. The van der Waals surface area contributed by atoms with E-state index in [9.17, 15) is 0 Å². The number of aromatic amines is 1. The van der Waals surface area contributed by atoms with Crippen molar-refractivity contribution in [2.24, 2.45) is 0 Å². The Hall–Kier alpha value is -1.38. The zero-order valence-corrected chi connectivity index (χ0v) is 9.20. The molecule has 0 aliphatic heterocycles. The van der Waals surface area contributed by atoms with Crippen molar-refractivity contribution >= 4 is 11.0 Å². The molecule has 0 saturated carbocycles. The van der Waals surface area contributed by atoms with Crippen molar-refractivity contribution in [1.82, 2.24) is 15.0 Å². The summed E-state index contributed by atoms with van der Waals surface area (Å²) in [6, 6.07) is 0. The molecule has 0 spiro atoms. The van der Waals surface area contributed by atoms with E-state index in [-0.39, 0.29) is 1.43 Å². The third kappa shape index (κ3) is 1.92. The molecule has 0 atom stereocenters. The van der Waals surface area contributed by atoms with Gasteiger partial charge in [-0.3, -0.25) is 4.98 Å². The predicted octanol–water partition coefficient (Wildman–Crippen LogP) is 3.35. The average Bonchev–Trinajstić information content (AvgIpc) is 2.67. The first kappa shape index (κ1) is 10.7. The molecule has 0 bridgehead atoms. The molecule has 0 radical (unpaired) electrons. The highest BCUT2D eigenvalue weighted by atomic mass is 14.9. The average molecular weight is 193 g/mol. The van der Waals surface area contributed by atoms with Gasteiger partial charge in [-0.05, 0) is 5.92 Å². The summed E-state index contributed by atoms with van der Waals surface area (Å²) in [5.41, 5.74) is 3.26. The van der Waals surface area contributed by atoms with E-state index in [2.05, 4.69) is 28.8 Å². The van der Waals surface area contributed by atoms with Gasteiger partial charge in [0.1, 0.15) is 0 Å². The van der Waals surface area contributed by atoms with Crippen molar-refractivity contribution in [3.63, 3.8) is 0 Å². The van der Waals surface area contributed by atoms with E-state index >= 15 is 0 Å². The van der Waals surface area contributed by atoms with Crippen LogP contribution < -0.4 is 0 Å². The summed E-state index contributed by atoms with van der Waals surface area (Å²) < 4.78 is 0. The second-order valence-electron chi connectivity index (χ2n) is 3.18. The lowest BCUT2D eigenvalue weighted by Gasteiger charge is -2.03. The van der Waals surface area contributed by atoms with Crippen LogP contribution in [0.4, 0.5) is 0 Å². The summed E-state index contributed by atoms with van der Waals surface area (Å²) in [5, 5.41) is 0. The Morgan fingerprint density at radius 1 is 1.29 bits per heavy atom. The van der Waals surface area contributed by atoms with Crippen LogP contribution in [0.3, 0.4) is 0 Å². The first-order valence-corrected chi connectivity index (χ1v) is 5.06. The van der Waals surface area contributed by atoms with Gasteiger partial charge in [-0.25, -0.2) is 4.98 Å². The van der Waals surface area contributed by atoms with Gasteiger partial charge in [0.05, 0.1) is 23.6 Å². The smallest absolute Gasteiger partial charge is 0.0948 e. The van der Waals surface area contributed by atoms with Gasteiger partial charge in [-0.2, -0.15) is 0 Å². The Bertz CT molecular complexity index is 395. The van der Waals surface area contributed by atoms with Crippen LogP contribution in [-0.2, 0) is 0 Å². The maximum absolute atomic E-state index is 4.24. The first-order valence-electron chi connectivity index (χ1n) is 5.06. The lowest BCUT2D eigenvalue weighted by molar-refractivity contribution is 0.866. The number of hydrogen-bond donors (Lipinski definition) is 1. The largest absolute Gasteiger partial charge is 0.343 e. The number of imidazole rings is 1. The van der Waals surface area contributed by atoms with Crippen LogP contribution in [0.15, 0.2) is 18.7 Å². The second-order valence-corrected chi connectivity index (χ2v) is 3.18. The Labute approximate surface area is 86.1 Å². The molecule has 2 aromatic heterocycles. The van der Waals surface area contributed by atoms with Gasteiger partial charge >= 0.3 is 0 Å². The molecule has 78 valence electrons. The van der Waals surface area contributed by atoms with Gasteiger partial charge < -0.3 is 4.98 Å². The minimum Gasteiger partial charge on any atom is -0.343 e. The molecule has 14 heavy (non-hydrogen) atoms. The molecule has 2 aromatic rings. The van der Waals surface area contributed by atoms with Crippen molar-refractivity contribution in [3.05, 3.63) is 24.3 Å². The molecular formula is C11H19N3. The number of rotatable bonds is 1. The van der Waals surface area contributed by atoms with Crippen LogP contribution in [-0.4, -0.2) is 15.0 Å². The Morgan fingerprint density at radius 2 is 2.00 bits per heavy atom. The van der Waals surface area contributed by atoms with Crippen molar-refractivity contribution in [1.29, 1.82) is 0 Å². The fraction of sp³-hybridized carbons (Fsp3) is 0.455. The molecule has 0 unspecified atom stereocenters. The van der Waals surface area contributed by atoms with Crippen molar-refractivity contribution in [2.75, 3.05) is 0 Å². The topological polar surface area (TPSA) is 41.6 Å². The van der Waals surface area contributed by atoms with E-state index in [0.717, 1.165) is 11.0 Å². The number of H-pyrrole nitrogens is 1. The zero-order chi connectivity index (χ0) is 10.6. The summed E-state index contributed by atoms with van der Waals surface area (Å²) in [4.78, 5) is 11.4. The summed E-state index contributed by atoms with van der Waals surface area (Å²) in [6.45, 7) is 8.29. The SMILES string of the molecule is CC.CC(C)c1cncc2[nH]cnc12.[HH]. The van der Waals surface area contributed by atoms with Crippen LogP contribution in [0.25, 0.3) is 11.0 Å². The van der Waals surface area contributed by atoms with E-state index in [1.165, 1.54) is 5.56 Å². The highest BCUT2D eigenvalue weighted by molar-refractivity contribution is 5.77. The number of hydrogen-bond acceptors (Lipinski definition) is 2. The van der Waals surface area contributed by atoms with E-state index in [1.807, 2.05) is 20.0 Å². The van der Waals surface area contributed by atoms with Crippen molar-refractivity contribution in [3.8, 4) is 0 Å². The maximum atomic E-state index is 4.24. The molecular weight excluding hydrogens is 174 g/mol. The van der Waals surface area contributed by atoms with Gasteiger partial charge in [0.2, 0.25) is 0 Å². The van der Waals surface area contributed by atoms with Crippen LogP contribution in [0, 0.1) is 0 Å². The highest BCUT2D eigenvalue weighted by Gasteiger charge is 2.06. The monoisotopic (exact) mass is 193 g/mol. The van der Waals surface area contributed by atoms with Crippen LogP contribution in [0.5, 0.6) is 0 Å². The number of fused-ring (bicyclic) bond motifs is 1. The van der Waals surface area contributed by atoms with E-state index in [1.54, 1.807) is 12.5 Å². The normalized spacial score (nSPS) is 10.1. The Balaban J connectivity index is 0.000000617. The quantitative estimate of drug-likeness (QED) is 0.754. The van der Waals surface area contributed by atoms with Gasteiger partial charge in [0.15, 0.2) is 0 Å². The fourth-order valence-corrected chi connectivity index (χ4v) is 1.31. The lowest BCUT2D eigenvalue weighted by Crippen LogP contribution is -1.90. The van der Waals surface area contributed by atoms with E-state index in [0.29, 0.717) is 5.92 Å². The second kappa shape index (κ2) is 4.74. The van der Waals surface area contributed by atoms with Crippen molar-refractivity contribution < 1.29 is 1.43 Å². The third-order valence-corrected chi connectivity index (χ3v) is 1.98. The molecule has 0 saturated heterocycles. The number of nitrogens with one attached hydrogen (secondary N) is 1. The molecule has 0 aliphatic rings. The molecule has 0 aliphatic carbocycles. The van der Waals surface area contributed by atoms with E-state index < -0.39 is 0 Å². The minimum atomic E-state index is 0. The summed E-state index contributed by atoms with van der Waals surface area (Å²) in [6.07, 6.45) is 5.39. The van der Waals surface area contributed by atoms with Crippen molar-refractivity contribution in [2.45, 2.75) is 33.6 Å². The molecule has 0 fully saturated rings. The standard InChI is InChI=1S/C9H11N3.C2H6.H2/c1-6(2)7-3-10-4-8-9(7)12-5-11-8;1-2;/h3-6H,1-2H3,(H,11,12);1-2H3;1H. The van der Waals surface area contributed by atoms with E-state index in [4.69, 9.17) is 0 Å². The summed E-state index contributed by atoms with van der Waals surface area (Å²) in [7, 11) is 0. The number of pyridine rings is 1. The van der Waals surface area contributed by atoms with Gasteiger partial charge in [0.25, 0.3) is 0 Å². The number of nitrogens with zero attached hydrogens (tertiary/aromatic N) is 2. The Morgan fingerprint density at radius 3 is 2.64 bits per heavy atom. The Kier molecular flexibility index (Phi) is 3.63. The van der Waals surface area contributed by atoms with Crippen LogP contribution in [0.1, 0.15) is 40.6 Å². The molecule has 2 heterocycles.